The summed E-state index contributed by atoms with van der Waals surface area (Å²) in [4.78, 5) is 32.3. The summed E-state index contributed by atoms with van der Waals surface area (Å²) in [7, 11) is 0. The summed E-state index contributed by atoms with van der Waals surface area (Å²) in [6.45, 7) is 3.35. The molecule has 1 aromatic rings. The topological polar surface area (TPSA) is 122 Å². The second kappa shape index (κ2) is 7.22. The number of carboxylic acids is 1. The van der Waals surface area contributed by atoms with E-state index in [9.17, 15) is 19.7 Å². The van der Waals surface area contributed by atoms with Crippen molar-refractivity contribution in [3.05, 3.63) is 33.9 Å². The number of nitro benzene ring substituents is 1. The summed E-state index contributed by atoms with van der Waals surface area (Å²) in [5, 5.41) is 24.3. The van der Waals surface area contributed by atoms with Crippen LogP contribution in [0.3, 0.4) is 0 Å². The van der Waals surface area contributed by atoms with E-state index in [1.54, 1.807) is 13.8 Å². The number of nitrogens with one attached hydrogen (secondary N) is 2. The molecular formula is C13H17N3O5. The molecule has 8 heteroatoms. The van der Waals surface area contributed by atoms with Crippen molar-refractivity contribution in [2.75, 3.05) is 5.32 Å². The fraction of sp³-hybridized carbons (Fsp3) is 0.385. The van der Waals surface area contributed by atoms with Gasteiger partial charge >= 0.3 is 12.0 Å². The third-order valence-corrected chi connectivity index (χ3v) is 2.84. The standard InChI is InChI=1S/C13H17N3O5/c1-8-7-10(16(20)21)4-5-11(8)15-13(19)14-9(2)3-6-12(17)18/h4-5,7,9H,3,6H2,1-2H3,(H,17,18)(H2,14,15,19). The monoisotopic (exact) mass is 295 g/mol. The molecule has 3 N–H and O–H groups in total. The van der Waals surface area contributed by atoms with Crippen LogP contribution >= 0.6 is 0 Å². The van der Waals surface area contributed by atoms with E-state index in [1.807, 2.05) is 0 Å². The van der Waals surface area contributed by atoms with Gasteiger partial charge in [0.1, 0.15) is 0 Å². The van der Waals surface area contributed by atoms with Crippen molar-refractivity contribution < 1.29 is 19.6 Å². The number of anilines is 1. The first-order valence-electron chi connectivity index (χ1n) is 6.34. The lowest BCUT2D eigenvalue weighted by molar-refractivity contribution is -0.384. The number of non-ortho nitro benzene ring substituents is 1. The average molecular weight is 295 g/mol. The van der Waals surface area contributed by atoms with Crippen molar-refractivity contribution in [1.29, 1.82) is 0 Å². The van der Waals surface area contributed by atoms with E-state index >= 15 is 0 Å². The Morgan fingerprint density at radius 2 is 2.10 bits per heavy atom. The first-order chi connectivity index (χ1) is 9.79. The zero-order valence-electron chi connectivity index (χ0n) is 11.8. The normalized spacial score (nSPS) is 11.5. The molecule has 0 saturated heterocycles. The van der Waals surface area contributed by atoms with Crippen LogP contribution in [0, 0.1) is 17.0 Å². The molecule has 1 rings (SSSR count). The van der Waals surface area contributed by atoms with Crippen LogP contribution in [0.25, 0.3) is 0 Å². The van der Waals surface area contributed by atoms with Crippen LogP contribution in [0.4, 0.5) is 16.2 Å². The van der Waals surface area contributed by atoms with Crippen molar-refractivity contribution in [3.63, 3.8) is 0 Å². The summed E-state index contributed by atoms with van der Waals surface area (Å²) < 4.78 is 0. The molecule has 1 atom stereocenters. The van der Waals surface area contributed by atoms with Crippen LogP contribution in [-0.4, -0.2) is 28.1 Å². The molecule has 0 radical (unpaired) electrons. The van der Waals surface area contributed by atoms with Crippen LogP contribution in [-0.2, 0) is 4.79 Å². The van der Waals surface area contributed by atoms with E-state index in [4.69, 9.17) is 5.11 Å². The number of aryl methyl sites for hydroxylation is 1. The van der Waals surface area contributed by atoms with Gasteiger partial charge in [0.05, 0.1) is 4.92 Å². The van der Waals surface area contributed by atoms with Crippen molar-refractivity contribution in [2.24, 2.45) is 0 Å². The van der Waals surface area contributed by atoms with Crippen molar-refractivity contribution >= 4 is 23.4 Å². The third-order valence-electron chi connectivity index (χ3n) is 2.84. The molecule has 0 aromatic heterocycles. The number of aliphatic carboxylic acids is 1. The van der Waals surface area contributed by atoms with E-state index < -0.39 is 16.9 Å². The fourth-order valence-electron chi connectivity index (χ4n) is 1.70. The van der Waals surface area contributed by atoms with Gasteiger partial charge in [0.15, 0.2) is 0 Å². The van der Waals surface area contributed by atoms with E-state index in [-0.39, 0.29) is 18.2 Å². The number of carboxylic acid groups (broad SMARTS) is 1. The molecule has 2 amide bonds. The highest BCUT2D eigenvalue weighted by molar-refractivity contribution is 5.90. The number of hydrogen-bond acceptors (Lipinski definition) is 4. The molecule has 0 bridgehead atoms. The number of nitrogens with zero attached hydrogens (tertiary/aromatic N) is 1. The molecule has 114 valence electrons. The van der Waals surface area contributed by atoms with E-state index in [0.29, 0.717) is 17.7 Å². The lowest BCUT2D eigenvalue weighted by atomic mass is 10.1. The Morgan fingerprint density at radius 1 is 1.43 bits per heavy atom. The largest absolute Gasteiger partial charge is 0.481 e. The van der Waals surface area contributed by atoms with Gasteiger partial charge in [-0.2, -0.15) is 0 Å². The Hall–Kier alpha value is -2.64. The van der Waals surface area contributed by atoms with Gasteiger partial charge in [-0.25, -0.2) is 4.79 Å². The Balaban J connectivity index is 2.58. The van der Waals surface area contributed by atoms with Gasteiger partial charge in [0.2, 0.25) is 0 Å². The van der Waals surface area contributed by atoms with Gasteiger partial charge in [-0.05, 0) is 31.9 Å². The van der Waals surface area contributed by atoms with Gasteiger partial charge in [-0.15, -0.1) is 0 Å². The summed E-state index contributed by atoms with van der Waals surface area (Å²) >= 11 is 0. The number of amides is 2. The van der Waals surface area contributed by atoms with Crippen LogP contribution in [0.1, 0.15) is 25.3 Å². The summed E-state index contributed by atoms with van der Waals surface area (Å²) in [6, 6.07) is 3.35. The molecule has 0 aliphatic carbocycles. The predicted octanol–water partition coefficient (Wildman–Crippen LogP) is 2.28. The number of urea groups is 1. The maximum Gasteiger partial charge on any atom is 0.319 e. The number of hydrogen-bond donors (Lipinski definition) is 3. The lowest BCUT2D eigenvalue weighted by Crippen LogP contribution is -2.36. The Bertz CT molecular complexity index is 559. The molecule has 21 heavy (non-hydrogen) atoms. The van der Waals surface area contributed by atoms with Crippen LogP contribution in [0.5, 0.6) is 0 Å². The molecule has 0 aliphatic heterocycles. The van der Waals surface area contributed by atoms with Gasteiger partial charge in [-0.3, -0.25) is 14.9 Å². The smallest absolute Gasteiger partial charge is 0.319 e. The van der Waals surface area contributed by atoms with Crippen LogP contribution < -0.4 is 10.6 Å². The fourth-order valence-corrected chi connectivity index (χ4v) is 1.70. The minimum Gasteiger partial charge on any atom is -0.481 e. The van der Waals surface area contributed by atoms with Gasteiger partial charge in [0.25, 0.3) is 5.69 Å². The minimum absolute atomic E-state index is 0.0298. The molecule has 0 saturated carbocycles. The Labute approximate surface area is 121 Å². The van der Waals surface area contributed by atoms with Gasteiger partial charge < -0.3 is 15.7 Å². The molecule has 0 fully saturated rings. The molecule has 0 spiro atoms. The Morgan fingerprint density at radius 3 is 2.62 bits per heavy atom. The summed E-state index contributed by atoms with van der Waals surface area (Å²) in [6.07, 6.45) is 0.292. The quantitative estimate of drug-likeness (QED) is 0.549. The predicted molar refractivity (Wildman–Crippen MR) is 76.3 cm³/mol. The molecule has 1 aromatic carbocycles. The second-order valence-electron chi connectivity index (χ2n) is 4.69. The second-order valence-corrected chi connectivity index (χ2v) is 4.69. The van der Waals surface area contributed by atoms with Crippen LogP contribution in [0.2, 0.25) is 0 Å². The van der Waals surface area contributed by atoms with Gasteiger partial charge in [0, 0.05) is 30.3 Å². The van der Waals surface area contributed by atoms with E-state index in [0.717, 1.165) is 0 Å². The van der Waals surface area contributed by atoms with Crippen LogP contribution in [0.15, 0.2) is 18.2 Å². The number of carbonyl (C=O) groups is 2. The molecule has 0 heterocycles. The first kappa shape index (κ1) is 16.4. The first-order valence-corrected chi connectivity index (χ1v) is 6.34. The maximum absolute atomic E-state index is 11.7. The zero-order chi connectivity index (χ0) is 16.0. The summed E-state index contributed by atoms with van der Waals surface area (Å²) in [5.74, 6) is -0.921. The number of benzene rings is 1. The van der Waals surface area contributed by atoms with Crippen molar-refractivity contribution in [3.8, 4) is 0 Å². The highest BCUT2D eigenvalue weighted by atomic mass is 16.6. The number of nitro groups is 1. The minimum atomic E-state index is -0.921. The highest BCUT2D eigenvalue weighted by Gasteiger charge is 2.12. The van der Waals surface area contributed by atoms with E-state index in [1.165, 1.54) is 18.2 Å². The average Bonchev–Trinajstić information content (AvgIpc) is 2.38. The molecule has 1 unspecified atom stereocenters. The highest BCUT2D eigenvalue weighted by Crippen LogP contribution is 2.21. The lowest BCUT2D eigenvalue weighted by Gasteiger charge is -2.14. The van der Waals surface area contributed by atoms with Crippen molar-refractivity contribution in [1.82, 2.24) is 5.32 Å². The number of rotatable bonds is 6. The Kier molecular flexibility index (Phi) is 5.65. The number of carbonyl (C=O) groups excluding carboxylic acids is 1. The molecule has 8 nitrogen and oxygen atoms in total. The molecule has 0 aliphatic rings. The maximum atomic E-state index is 11.7. The zero-order valence-corrected chi connectivity index (χ0v) is 11.8. The van der Waals surface area contributed by atoms with E-state index in [2.05, 4.69) is 10.6 Å². The molecular weight excluding hydrogens is 278 g/mol. The third kappa shape index (κ3) is 5.47. The SMILES string of the molecule is Cc1cc([N+](=O)[O-])ccc1NC(=O)NC(C)CCC(=O)O. The van der Waals surface area contributed by atoms with Gasteiger partial charge in [-0.1, -0.05) is 0 Å². The van der Waals surface area contributed by atoms with Crippen molar-refractivity contribution in [2.45, 2.75) is 32.7 Å². The summed E-state index contributed by atoms with van der Waals surface area (Å²) in [5.41, 5.74) is 0.981.